The second kappa shape index (κ2) is 5.90. The van der Waals surface area contributed by atoms with Crippen molar-refractivity contribution < 1.29 is 5.21 Å². The molecule has 24 heavy (non-hydrogen) atoms. The van der Waals surface area contributed by atoms with Crippen LogP contribution in [0, 0.1) is 17.9 Å². The van der Waals surface area contributed by atoms with Gasteiger partial charge >= 0.3 is 0 Å². The molecule has 1 aliphatic heterocycles. The van der Waals surface area contributed by atoms with Gasteiger partial charge in [-0.25, -0.2) is 4.85 Å². The van der Waals surface area contributed by atoms with Crippen molar-refractivity contribution in [2.75, 3.05) is 0 Å². The zero-order chi connectivity index (χ0) is 17.3. The monoisotopic (exact) mass is 318 g/mol. The van der Waals surface area contributed by atoms with E-state index in [0.29, 0.717) is 22.5 Å². The number of dihydropyridines is 1. The fraction of sp³-hybridized carbons (Fsp3) is 0.176. The van der Waals surface area contributed by atoms with E-state index >= 15 is 0 Å². The van der Waals surface area contributed by atoms with Gasteiger partial charge in [0.05, 0.1) is 41.6 Å². The van der Waals surface area contributed by atoms with Gasteiger partial charge in [0.2, 0.25) is 0 Å². The molecular formula is C17H14N6O. The zero-order valence-electron chi connectivity index (χ0n) is 13.1. The summed E-state index contributed by atoms with van der Waals surface area (Å²) in [6.45, 7) is 11.2. The second-order valence-electron chi connectivity index (χ2n) is 5.49. The molecule has 0 saturated heterocycles. The normalized spacial score (nSPS) is 17.9. The number of fused-ring (bicyclic) bond motifs is 1. The molecule has 0 bridgehead atoms. The third kappa shape index (κ3) is 2.29. The first kappa shape index (κ1) is 15.3. The van der Waals surface area contributed by atoms with E-state index in [4.69, 9.17) is 11.8 Å². The summed E-state index contributed by atoms with van der Waals surface area (Å²) < 4.78 is 0. The lowest BCUT2D eigenvalue weighted by atomic mass is 9.84. The number of aromatic amines is 1. The van der Waals surface area contributed by atoms with E-state index in [2.05, 4.69) is 31.6 Å². The fourth-order valence-corrected chi connectivity index (χ4v) is 2.99. The minimum atomic E-state index is -0.424. The van der Waals surface area contributed by atoms with Crippen LogP contribution in [0.5, 0.6) is 0 Å². The fourth-order valence-electron chi connectivity index (χ4n) is 2.99. The van der Waals surface area contributed by atoms with E-state index in [1.807, 2.05) is 32.0 Å². The highest BCUT2D eigenvalue weighted by Gasteiger charge is 2.30. The number of nitrogens with zero attached hydrogens (tertiary/aromatic N) is 4. The lowest BCUT2D eigenvalue weighted by Crippen LogP contribution is -2.22. The number of H-pyrrole nitrogens is 1. The average Bonchev–Trinajstić information content (AvgIpc) is 2.97. The minimum absolute atomic E-state index is 0.424. The van der Waals surface area contributed by atoms with Gasteiger partial charge in [-0.3, -0.25) is 5.10 Å². The van der Waals surface area contributed by atoms with Crippen molar-refractivity contribution in [1.29, 1.82) is 5.26 Å². The average molecular weight is 318 g/mol. The molecule has 0 spiro atoms. The Bertz CT molecular complexity index is 960. The summed E-state index contributed by atoms with van der Waals surface area (Å²) in [5.41, 5.74) is 4.61. The smallest absolute Gasteiger partial charge is 0.196 e. The molecule has 0 radical (unpaired) electrons. The topological polar surface area (TPSA) is 101 Å². The minimum Gasteiger partial charge on any atom is -0.411 e. The van der Waals surface area contributed by atoms with Crippen LogP contribution in [-0.4, -0.2) is 21.6 Å². The van der Waals surface area contributed by atoms with Crippen LogP contribution in [0.1, 0.15) is 31.0 Å². The van der Waals surface area contributed by atoms with Gasteiger partial charge in [-0.1, -0.05) is 11.2 Å². The number of rotatable bonds is 2. The summed E-state index contributed by atoms with van der Waals surface area (Å²) in [5.74, 6) is -0.424. The Morgan fingerprint density at radius 2 is 2.21 bits per heavy atom. The largest absolute Gasteiger partial charge is 0.411 e. The number of nitrogens with one attached hydrogen (secondary N) is 2. The van der Waals surface area contributed by atoms with Crippen molar-refractivity contribution in [2.24, 2.45) is 5.16 Å². The van der Waals surface area contributed by atoms with Crippen molar-refractivity contribution in [2.45, 2.75) is 19.8 Å². The summed E-state index contributed by atoms with van der Waals surface area (Å²) in [7, 11) is 0. The molecule has 1 aromatic heterocycles. The Morgan fingerprint density at radius 3 is 2.88 bits per heavy atom. The predicted molar refractivity (Wildman–Crippen MR) is 89.0 cm³/mol. The Morgan fingerprint density at radius 1 is 1.42 bits per heavy atom. The molecule has 0 aliphatic carbocycles. The van der Waals surface area contributed by atoms with Crippen LogP contribution in [-0.2, 0) is 0 Å². The highest BCUT2D eigenvalue weighted by Crippen LogP contribution is 2.39. The van der Waals surface area contributed by atoms with E-state index in [1.165, 1.54) is 6.21 Å². The highest BCUT2D eigenvalue weighted by molar-refractivity contribution is 5.96. The molecule has 0 saturated carbocycles. The number of hydrogen-bond donors (Lipinski definition) is 3. The number of aromatic nitrogens is 2. The van der Waals surface area contributed by atoms with Crippen LogP contribution in [0.3, 0.4) is 0 Å². The third-order valence-corrected chi connectivity index (χ3v) is 4.09. The molecule has 1 atom stereocenters. The van der Waals surface area contributed by atoms with E-state index in [9.17, 15) is 5.26 Å². The van der Waals surface area contributed by atoms with Gasteiger partial charge in [-0.05, 0) is 31.5 Å². The van der Waals surface area contributed by atoms with Crippen LogP contribution in [0.4, 0.5) is 0 Å². The van der Waals surface area contributed by atoms with Crippen molar-refractivity contribution in [3.63, 3.8) is 0 Å². The van der Waals surface area contributed by atoms with Crippen LogP contribution < -0.4 is 5.32 Å². The third-order valence-electron chi connectivity index (χ3n) is 4.09. The van der Waals surface area contributed by atoms with Crippen molar-refractivity contribution >= 4 is 17.1 Å². The summed E-state index contributed by atoms with van der Waals surface area (Å²) in [6, 6.07) is 7.77. The van der Waals surface area contributed by atoms with Gasteiger partial charge in [-0.2, -0.15) is 10.4 Å². The Kier molecular flexibility index (Phi) is 3.77. The first-order valence-corrected chi connectivity index (χ1v) is 7.22. The van der Waals surface area contributed by atoms with Gasteiger partial charge in [0.25, 0.3) is 0 Å². The summed E-state index contributed by atoms with van der Waals surface area (Å²) >= 11 is 0. The zero-order valence-corrected chi connectivity index (χ0v) is 13.1. The van der Waals surface area contributed by atoms with Crippen LogP contribution in [0.2, 0.25) is 0 Å². The summed E-state index contributed by atoms with van der Waals surface area (Å²) in [5, 5.41) is 32.1. The van der Waals surface area contributed by atoms with Crippen LogP contribution in [0.25, 0.3) is 15.7 Å². The molecule has 7 nitrogen and oxygen atoms in total. The SMILES string of the molecule is [C-]#[N+]C1=C(C)NC(C)=C(C#N)C1c1ccc2n[nH]c(/C=N\O)c2c1. The molecule has 3 N–H and O–H groups in total. The molecule has 2 heterocycles. The maximum absolute atomic E-state index is 9.56. The molecule has 7 heteroatoms. The number of benzene rings is 1. The molecule has 3 rings (SSSR count). The molecular weight excluding hydrogens is 304 g/mol. The Labute approximate surface area is 138 Å². The Hall–Kier alpha value is -3.58. The number of oxime groups is 1. The maximum Gasteiger partial charge on any atom is 0.196 e. The van der Waals surface area contributed by atoms with Gasteiger partial charge < -0.3 is 10.5 Å². The lowest BCUT2D eigenvalue weighted by molar-refractivity contribution is 0.321. The van der Waals surface area contributed by atoms with Crippen molar-refractivity contribution in [3.8, 4) is 6.07 Å². The first-order chi connectivity index (χ1) is 11.6. The highest BCUT2D eigenvalue weighted by atomic mass is 16.4. The van der Waals surface area contributed by atoms with E-state index in [-0.39, 0.29) is 0 Å². The summed E-state index contributed by atoms with van der Waals surface area (Å²) in [4.78, 5) is 3.64. The Balaban J connectivity index is 2.23. The molecule has 0 amide bonds. The number of allylic oxidation sites excluding steroid dienone is 3. The van der Waals surface area contributed by atoms with E-state index < -0.39 is 5.92 Å². The molecule has 0 fully saturated rings. The van der Waals surface area contributed by atoms with Gasteiger partial charge in [0, 0.05) is 16.8 Å². The van der Waals surface area contributed by atoms with Crippen molar-refractivity contribution in [3.05, 3.63) is 63.5 Å². The van der Waals surface area contributed by atoms with E-state index in [1.54, 1.807) is 0 Å². The predicted octanol–water partition coefficient (Wildman–Crippen LogP) is 3.01. The maximum atomic E-state index is 9.56. The molecule has 118 valence electrons. The standard InChI is InChI=1S/C17H14N6O/c1-9-13(7-18)16(17(19-3)10(2)21-9)11-4-5-14-12(6-11)15(8-20-24)23-22-14/h4-6,8,16,21,24H,1-2H3,(H,22,23)/b20-8-. The molecule has 2 aromatic rings. The lowest BCUT2D eigenvalue weighted by Gasteiger charge is -2.26. The second-order valence-corrected chi connectivity index (χ2v) is 5.49. The quantitative estimate of drug-likeness (QED) is 0.343. The number of nitriles is 1. The van der Waals surface area contributed by atoms with Gasteiger partial charge in [0.15, 0.2) is 5.70 Å². The van der Waals surface area contributed by atoms with Crippen molar-refractivity contribution in [1.82, 2.24) is 15.5 Å². The van der Waals surface area contributed by atoms with Crippen LogP contribution >= 0.6 is 0 Å². The van der Waals surface area contributed by atoms with Crippen LogP contribution in [0.15, 0.2) is 46.0 Å². The molecule has 1 aromatic carbocycles. The van der Waals surface area contributed by atoms with Gasteiger partial charge in [0.1, 0.15) is 0 Å². The molecule has 1 unspecified atom stereocenters. The molecule has 1 aliphatic rings. The van der Waals surface area contributed by atoms with Gasteiger partial charge in [-0.15, -0.1) is 0 Å². The first-order valence-electron chi connectivity index (χ1n) is 7.22. The van der Waals surface area contributed by atoms with E-state index in [0.717, 1.165) is 22.3 Å². The number of hydrogen-bond acceptors (Lipinski definition) is 5. The summed E-state index contributed by atoms with van der Waals surface area (Å²) in [6.07, 6.45) is 1.27.